The molecule has 4 N–H and O–H groups in total. The lowest BCUT2D eigenvalue weighted by atomic mass is 9.90. The van der Waals surface area contributed by atoms with Gasteiger partial charge in [-0.15, -0.1) is 0 Å². The second-order valence-corrected chi connectivity index (χ2v) is 14.5. The summed E-state index contributed by atoms with van der Waals surface area (Å²) in [6, 6.07) is 6.60. The van der Waals surface area contributed by atoms with Gasteiger partial charge in [-0.3, -0.25) is 0 Å². The van der Waals surface area contributed by atoms with E-state index in [0.29, 0.717) is 13.2 Å². The van der Waals surface area contributed by atoms with E-state index in [2.05, 4.69) is 73.6 Å². The van der Waals surface area contributed by atoms with Crippen molar-refractivity contribution in [1.82, 2.24) is 0 Å². The molecule has 0 unspecified atom stereocenters. The van der Waals surface area contributed by atoms with E-state index in [1.807, 2.05) is 0 Å². The minimum absolute atomic E-state index is 0.0284. The van der Waals surface area contributed by atoms with Crippen molar-refractivity contribution in [2.75, 3.05) is 24.7 Å². The third-order valence-electron chi connectivity index (χ3n) is 7.63. The number of benzene rings is 2. The van der Waals surface area contributed by atoms with Crippen molar-refractivity contribution < 1.29 is 9.47 Å². The Kier molecular flexibility index (Phi) is 5.68. The van der Waals surface area contributed by atoms with E-state index >= 15 is 0 Å². The number of nitrogen functional groups attached to an aromatic ring is 2. The summed E-state index contributed by atoms with van der Waals surface area (Å²) in [6.07, 6.45) is 1.81. The fourth-order valence-corrected chi connectivity index (χ4v) is 10.8. The van der Waals surface area contributed by atoms with Crippen molar-refractivity contribution in [3.63, 3.8) is 0 Å². The van der Waals surface area contributed by atoms with E-state index < -0.39 is 13.7 Å². The fraction of sp³-hybridized carbons (Fsp3) is 0.556. The highest BCUT2D eigenvalue weighted by molar-refractivity contribution is 7.69. The van der Waals surface area contributed by atoms with Crippen molar-refractivity contribution in [2.24, 2.45) is 0 Å². The van der Waals surface area contributed by atoms with Gasteiger partial charge < -0.3 is 20.9 Å². The predicted molar refractivity (Wildman–Crippen MR) is 138 cm³/mol. The first-order chi connectivity index (χ1) is 14.8. The first kappa shape index (κ1) is 23.5. The summed E-state index contributed by atoms with van der Waals surface area (Å²) in [5.74, 6) is -0.455. The largest absolute Gasteiger partial charge is 0.398 e. The maximum Gasteiger partial charge on any atom is 0.170 e. The van der Waals surface area contributed by atoms with Crippen LogP contribution in [0.1, 0.15) is 62.8 Å². The van der Waals surface area contributed by atoms with Gasteiger partial charge >= 0.3 is 0 Å². The van der Waals surface area contributed by atoms with Gasteiger partial charge in [0.25, 0.3) is 0 Å². The average Bonchev–Trinajstić information content (AvgIpc) is 3.12. The van der Waals surface area contributed by atoms with E-state index in [-0.39, 0.29) is 10.3 Å². The summed E-state index contributed by atoms with van der Waals surface area (Å²) >= 11 is 0. The number of rotatable bonds is 2. The Labute approximate surface area is 194 Å². The molecule has 0 atom stereocenters. The van der Waals surface area contributed by atoms with Gasteiger partial charge in [0.15, 0.2) is 5.79 Å². The molecule has 1 spiro atoms. The summed E-state index contributed by atoms with van der Waals surface area (Å²) < 4.78 is 12.4. The number of anilines is 2. The average molecular weight is 455 g/mol. The highest BCUT2D eigenvalue weighted by Gasteiger charge is 2.57. The molecule has 0 aliphatic carbocycles. The Morgan fingerprint density at radius 3 is 1.78 bits per heavy atom. The van der Waals surface area contributed by atoms with Crippen LogP contribution >= 0.6 is 7.92 Å². The minimum Gasteiger partial charge on any atom is -0.398 e. The molecule has 5 heteroatoms. The molecule has 0 radical (unpaired) electrons. The molecule has 2 aliphatic rings. The van der Waals surface area contributed by atoms with E-state index in [1.54, 1.807) is 0 Å². The molecule has 0 aromatic heterocycles. The summed E-state index contributed by atoms with van der Waals surface area (Å²) in [4.78, 5) is 0. The van der Waals surface area contributed by atoms with Crippen LogP contribution in [-0.2, 0) is 9.47 Å². The smallest absolute Gasteiger partial charge is 0.170 e. The number of nitrogens with two attached hydrogens (primary N) is 2. The van der Waals surface area contributed by atoms with E-state index in [0.717, 1.165) is 40.9 Å². The molecule has 4 nitrogen and oxygen atoms in total. The zero-order chi connectivity index (χ0) is 23.6. The Morgan fingerprint density at radius 1 is 0.781 bits per heavy atom. The van der Waals surface area contributed by atoms with Crippen LogP contribution in [-0.4, -0.2) is 29.3 Å². The lowest BCUT2D eigenvalue weighted by Gasteiger charge is -2.56. The van der Waals surface area contributed by atoms with Crippen LogP contribution in [0.3, 0.4) is 0 Å². The number of hydrogen-bond acceptors (Lipinski definition) is 4. The van der Waals surface area contributed by atoms with E-state index in [9.17, 15) is 0 Å². The van der Waals surface area contributed by atoms with Crippen LogP contribution in [0.25, 0.3) is 11.1 Å². The van der Waals surface area contributed by atoms with Gasteiger partial charge in [-0.1, -0.05) is 53.8 Å². The summed E-state index contributed by atoms with van der Waals surface area (Å²) in [5.41, 5.74) is 22.1. The lowest BCUT2D eigenvalue weighted by Crippen LogP contribution is -2.52. The van der Waals surface area contributed by atoms with Crippen LogP contribution in [0, 0.1) is 27.7 Å². The molecule has 4 rings (SSSR count). The third kappa shape index (κ3) is 3.56. The van der Waals surface area contributed by atoms with Gasteiger partial charge in [0.05, 0.1) is 13.2 Å². The van der Waals surface area contributed by atoms with Crippen LogP contribution < -0.4 is 16.8 Å². The molecule has 2 heterocycles. The molecule has 0 bridgehead atoms. The lowest BCUT2D eigenvalue weighted by molar-refractivity contribution is -0.178. The summed E-state index contributed by atoms with van der Waals surface area (Å²) in [6.45, 7) is 19.5. The predicted octanol–water partition coefficient (Wildman–Crippen LogP) is 5.95. The van der Waals surface area contributed by atoms with Gasteiger partial charge in [0.2, 0.25) is 0 Å². The van der Waals surface area contributed by atoms with Crippen LogP contribution in [0.2, 0.25) is 0 Å². The highest BCUT2D eigenvalue weighted by atomic mass is 31.1. The fourth-order valence-electron chi connectivity index (χ4n) is 6.32. The van der Waals surface area contributed by atoms with Crippen LogP contribution in [0.4, 0.5) is 11.4 Å². The molecular formula is C27H39N2O2P. The standard InChI is InChI=1S/C27H39N2O2P/c1-16-10-9-11-20(21-22(28)18(3)17(2)19(4)23(21)29)24(16)32-25(5,6)14-27(15-26(32,7)8)30-12-13-31-27/h9-11H,12-15,28-29H2,1-8H3. The third-order valence-corrected chi connectivity index (χ3v) is 11.4. The number of hydrogen-bond donors (Lipinski definition) is 2. The van der Waals surface area contributed by atoms with Gasteiger partial charge in [-0.25, -0.2) is 0 Å². The maximum atomic E-state index is 6.75. The van der Waals surface area contributed by atoms with E-state index in [1.165, 1.54) is 22.0 Å². The molecule has 174 valence electrons. The SMILES string of the molecule is Cc1cccc(-c2c(N)c(C)c(C)c(C)c2N)c1P1C(C)(C)CC2(CC1(C)C)OCCO2. The van der Waals surface area contributed by atoms with Crippen molar-refractivity contribution in [1.29, 1.82) is 0 Å². The van der Waals surface area contributed by atoms with E-state index in [4.69, 9.17) is 20.9 Å². The Bertz CT molecular complexity index is 1020. The Balaban J connectivity index is 1.96. The normalized spacial score (nSPS) is 21.9. The molecule has 2 fully saturated rings. The summed E-state index contributed by atoms with van der Waals surface area (Å²) in [7, 11) is -0.584. The Morgan fingerprint density at radius 2 is 1.28 bits per heavy atom. The molecule has 2 saturated heterocycles. The zero-order valence-corrected chi connectivity index (χ0v) is 21.9. The number of ether oxygens (including phenoxy) is 2. The first-order valence-electron chi connectivity index (χ1n) is 11.6. The molecular weight excluding hydrogens is 415 g/mol. The molecule has 0 amide bonds. The molecule has 2 aromatic rings. The molecule has 2 aromatic carbocycles. The second-order valence-electron chi connectivity index (χ2n) is 11.0. The van der Waals surface area contributed by atoms with Gasteiger partial charge in [-0.2, -0.15) is 0 Å². The molecule has 0 saturated carbocycles. The highest BCUT2D eigenvalue weighted by Crippen LogP contribution is 2.69. The van der Waals surface area contributed by atoms with Gasteiger partial charge in [0.1, 0.15) is 0 Å². The molecule has 32 heavy (non-hydrogen) atoms. The summed E-state index contributed by atoms with van der Waals surface area (Å²) in [5, 5.41) is 1.48. The van der Waals surface area contributed by atoms with Crippen LogP contribution in [0.15, 0.2) is 18.2 Å². The van der Waals surface area contributed by atoms with Crippen molar-refractivity contribution in [2.45, 2.75) is 84.3 Å². The quantitative estimate of drug-likeness (QED) is 0.434. The van der Waals surface area contributed by atoms with Gasteiger partial charge in [0, 0.05) is 29.8 Å². The van der Waals surface area contributed by atoms with Gasteiger partial charge in [-0.05, 0) is 71.1 Å². The topological polar surface area (TPSA) is 70.5 Å². The first-order valence-corrected chi connectivity index (χ1v) is 13.0. The monoisotopic (exact) mass is 454 g/mol. The van der Waals surface area contributed by atoms with Crippen LogP contribution in [0.5, 0.6) is 0 Å². The minimum atomic E-state index is -0.584. The van der Waals surface area contributed by atoms with Crippen molar-refractivity contribution in [3.8, 4) is 11.1 Å². The maximum absolute atomic E-state index is 6.75. The van der Waals surface area contributed by atoms with Crippen molar-refractivity contribution >= 4 is 24.6 Å². The van der Waals surface area contributed by atoms with Crippen molar-refractivity contribution in [3.05, 3.63) is 40.5 Å². The zero-order valence-electron chi connectivity index (χ0n) is 21.0. The second kappa shape index (κ2) is 7.72. The molecule has 2 aliphatic heterocycles. The Hall–Kier alpha value is -1.61. The number of aryl methyl sites for hydroxylation is 1.